The first-order chi connectivity index (χ1) is 5.31. The van der Waals surface area contributed by atoms with E-state index in [1.54, 1.807) is 7.11 Å². The highest BCUT2D eigenvalue weighted by Gasteiger charge is 1.93. The van der Waals surface area contributed by atoms with Gasteiger partial charge in [0.25, 0.3) is 0 Å². The van der Waals surface area contributed by atoms with Gasteiger partial charge in [0.1, 0.15) is 6.73 Å². The number of hydrogen-bond donors (Lipinski definition) is 2. The van der Waals surface area contributed by atoms with Gasteiger partial charge in [-0.2, -0.15) is 0 Å². The molecule has 0 saturated heterocycles. The van der Waals surface area contributed by atoms with Gasteiger partial charge in [-0.25, -0.2) is 0 Å². The van der Waals surface area contributed by atoms with Gasteiger partial charge in [-0.3, -0.25) is 4.79 Å². The molecule has 0 aromatic rings. The molecular weight excluding hydrogens is 148 g/mol. The molecule has 0 aliphatic heterocycles. The van der Waals surface area contributed by atoms with E-state index in [-0.39, 0.29) is 19.2 Å². The topological polar surface area (TPSA) is 73.6 Å². The van der Waals surface area contributed by atoms with Crippen molar-refractivity contribution in [3.05, 3.63) is 0 Å². The zero-order valence-corrected chi connectivity index (χ0v) is 6.63. The van der Waals surface area contributed by atoms with E-state index in [9.17, 15) is 4.79 Å². The summed E-state index contributed by atoms with van der Waals surface area (Å²) in [5, 5.41) is 2.45. The average molecular weight is 162 g/mol. The smallest absolute Gasteiger partial charge is 0.235 e. The number of rotatable bonds is 6. The van der Waals surface area contributed by atoms with E-state index in [1.807, 2.05) is 0 Å². The first-order valence-electron chi connectivity index (χ1n) is 3.34. The van der Waals surface area contributed by atoms with Gasteiger partial charge in [-0.05, 0) is 0 Å². The van der Waals surface area contributed by atoms with E-state index in [4.69, 9.17) is 15.2 Å². The summed E-state index contributed by atoms with van der Waals surface area (Å²) in [6, 6.07) is 0. The van der Waals surface area contributed by atoms with Gasteiger partial charge in [-0.15, -0.1) is 0 Å². The zero-order chi connectivity index (χ0) is 8.53. The second-order valence-electron chi connectivity index (χ2n) is 1.85. The van der Waals surface area contributed by atoms with Crippen LogP contribution in [0.15, 0.2) is 0 Å². The number of ether oxygens (including phenoxy) is 2. The number of carbonyl (C=O) groups is 1. The summed E-state index contributed by atoms with van der Waals surface area (Å²) in [5.74, 6) is -0.220. The van der Waals surface area contributed by atoms with Crippen LogP contribution >= 0.6 is 0 Å². The Labute approximate surface area is 65.8 Å². The normalized spacial score (nSPS) is 9.64. The Balaban J connectivity index is 2.95. The fourth-order valence-electron chi connectivity index (χ4n) is 0.418. The lowest BCUT2D eigenvalue weighted by molar-refractivity contribution is -0.121. The first kappa shape index (κ1) is 10.3. The second-order valence-corrected chi connectivity index (χ2v) is 1.85. The Morgan fingerprint density at radius 1 is 1.55 bits per heavy atom. The standard InChI is InChI=1S/C6H14N2O3/c1-10-2-3-11-5-8-6(9)4-7/h2-5,7H2,1H3,(H,8,9). The first-order valence-corrected chi connectivity index (χ1v) is 3.34. The monoisotopic (exact) mass is 162 g/mol. The van der Waals surface area contributed by atoms with Gasteiger partial charge < -0.3 is 20.5 Å². The number of nitrogens with two attached hydrogens (primary N) is 1. The molecule has 0 aliphatic rings. The number of carbonyl (C=O) groups excluding carboxylic acids is 1. The summed E-state index contributed by atoms with van der Waals surface area (Å²) in [6.45, 7) is 1.19. The van der Waals surface area contributed by atoms with E-state index in [0.29, 0.717) is 13.2 Å². The van der Waals surface area contributed by atoms with Crippen LogP contribution in [0.4, 0.5) is 0 Å². The summed E-state index contributed by atoms with van der Waals surface area (Å²) in [6.07, 6.45) is 0. The highest BCUT2D eigenvalue weighted by Crippen LogP contribution is 1.72. The molecule has 0 unspecified atom stereocenters. The van der Waals surface area contributed by atoms with Crippen molar-refractivity contribution in [1.29, 1.82) is 0 Å². The Kier molecular flexibility index (Phi) is 7.02. The van der Waals surface area contributed by atoms with Gasteiger partial charge in [0.05, 0.1) is 19.8 Å². The molecule has 66 valence electrons. The molecule has 0 heterocycles. The van der Waals surface area contributed by atoms with Crippen molar-refractivity contribution in [3.63, 3.8) is 0 Å². The molecule has 3 N–H and O–H groups in total. The summed E-state index contributed by atoms with van der Waals surface area (Å²) < 4.78 is 9.65. The summed E-state index contributed by atoms with van der Waals surface area (Å²) in [7, 11) is 1.59. The van der Waals surface area contributed by atoms with Gasteiger partial charge in [0.15, 0.2) is 0 Å². The second kappa shape index (κ2) is 7.46. The van der Waals surface area contributed by atoms with Crippen molar-refractivity contribution in [2.24, 2.45) is 5.73 Å². The highest BCUT2D eigenvalue weighted by atomic mass is 16.5. The molecule has 0 rings (SSSR count). The molecule has 0 fully saturated rings. The molecule has 5 heteroatoms. The number of amides is 1. The molecule has 1 amide bonds. The summed E-state index contributed by atoms with van der Waals surface area (Å²) >= 11 is 0. The lowest BCUT2D eigenvalue weighted by Crippen LogP contribution is -2.32. The lowest BCUT2D eigenvalue weighted by Gasteiger charge is -2.03. The van der Waals surface area contributed by atoms with Crippen LogP contribution < -0.4 is 11.1 Å². The molecule has 0 aromatic heterocycles. The SMILES string of the molecule is COCCOCNC(=O)CN. The molecule has 0 aliphatic carbocycles. The van der Waals surface area contributed by atoms with E-state index in [0.717, 1.165) is 0 Å². The van der Waals surface area contributed by atoms with Crippen molar-refractivity contribution in [2.75, 3.05) is 33.6 Å². The lowest BCUT2D eigenvalue weighted by atomic mass is 10.6. The highest BCUT2D eigenvalue weighted by molar-refractivity contribution is 5.77. The van der Waals surface area contributed by atoms with Gasteiger partial charge >= 0.3 is 0 Å². The molecule has 5 nitrogen and oxygen atoms in total. The van der Waals surface area contributed by atoms with Crippen molar-refractivity contribution in [2.45, 2.75) is 0 Å². The van der Waals surface area contributed by atoms with Gasteiger partial charge in [0.2, 0.25) is 5.91 Å². The third-order valence-electron chi connectivity index (χ3n) is 0.989. The number of nitrogens with one attached hydrogen (secondary N) is 1. The Morgan fingerprint density at radius 2 is 2.27 bits per heavy atom. The van der Waals surface area contributed by atoms with E-state index >= 15 is 0 Å². The predicted molar refractivity (Wildman–Crippen MR) is 39.9 cm³/mol. The average Bonchev–Trinajstić information content (AvgIpc) is 2.04. The summed E-state index contributed by atoms with van der Waals surface area (Å²) in [5.41, 5.74) is 5.02. The van der Waals surface area contributed by atoms with Crippen LogP contribution in [0.1, 0.15) is 0 Å². The molecule has 11 heavy (non-hydrogen) atoms. The van der Waals surface area contributed by atoms with Crippen LogP contribution in [-0.2, 0) is 14.3 Å². The van der Waals surface area contributed by atoms with Crippen LogP contribution in [0, 0.1) is 0 Å². The van der Waals surface area contributed by atoms with Crippen LogP contribution in [0.3, 0.4) is 0 Å². The maximum Gasteiger partial charge on any atom is 0.235 e. The van der Waals surface area contributed by atoms with Crippen molar-refractivity contribution >= 4 is 5.91 Å². The van der Waals surface area contributed by atoms with Crippen molar-refractivity contribution < 1.29 is 14.3 Å². The van der Waals surface area contributed by atoms with E-state index in [2.05, 4.69) is 5.32 Å². The van der Waals surface area contributed by atoms with Crippen molar-refractivity contribution in [1.82, 2.24) is 5.32 Å². The maximum absolute atomic E-state index is 10.5. The maximum atomic E-state index is 10.5. The number of hydrogen-bond acceptors (Lipinski definition) is 4. The fourth-order valence-corrected chi connectivity index (χ4v) is 0.418. The molecule has 0 aromatic carbocycles. The molecule has 0 bridgehead atoms. The van der Waals surface area contributed by atoms with E-state index in [1.165, 1.54) is 0 Å². The molecule has 0 atom stereocenters. The van der Waals surface area contributed by atoms with Gasteiger partial charge in [0, 0.05) is 7.11 Å². The van der Waals surface area contributed by atoms with Crippen LogP contribution in [-0.4, -0.2) is 39.5 Å². The Hall–Kier alpha value is -0.650. The molecular formula is C6H14N2O3. The zero-order valence-electron chi connectivity index (χ0n) is 6.63. The quantitative estimate of drug-likeness (QED) is 0.375. The van der Waals surface area contributed by atoms with Crippen LogP contribution in [0.2, 0.25) is 0 Å². The third kappa shape index (κ3) is 7.24. The largest absolute Gasteiger partial charge is 0.382 e. The molecule has 0 spiro atoms. The molecule has 0 radical (unpaired) electrons. The minimum absolute atomic E-state index is 0.00631. The van der Waals surface area contributed by atoms with Crippen molar-refractivity contribution in [3.8, 4) is 0 Å². The van der Waals surface area contributed by atoms with Crippen LogP contribution in [0.5, 0.6) is 0 Å². The Morgan fingerprint density at radius 3 is 2.82 bits per heavy atom. The predicted octanol–water partition coefficient (Wildman–Crippen LogP) is -1.32. The number of methoxy groups -OCH3 is 1. The molecule has 0 saturated carbocycles. The Bertz CT molecular complexity index is 108. The minimum Gasteiger partial charge on any atom is -0.382 e. The van der Waals surface area contributed by atoms with E-state index < -0.39 is 0 Å². The van der Waals surface area contributed by atoms with Crippen LogP contribution in [0.25, 0.3) is 0 Å². The third-order valence-corrected chi connectivity index (χ3v) is 0.989. The minimum atomic E-state index is -0.220. The fraction of sp³-hybridized carbons (Fsp3) is 0.833. The summed E-state index contributed by atoms with van der Waals surface area (Å²) in [4.78, 5) is 10.5. The van der Waals surface area contributed by atoms with Gasteiger partial charge in [-0.1, -0.05) is 0 Å².